The summed E-state index contributed by atoms with van der Waals surface area (Å²) in [7, 11) is 0. The maximum absolute atomic E-state index is 12.7. The maximum Gasteiger partial charge on any atom is 0.247 e. The van der Waals surface area contributed by atoms with Crippen LogP contribution in [0.2, 0.25) is 0 Å². The third kappa shape index (κ3) is 5.18. The molecule has 13 nitrogen and oxygen atoms in total. The van der Waals surface area contributed by atoms with Crippen LogP contribution in [0.4, 0.5) is 0 Å². The van der Waals surface area contributed by atoms with Gasteiger partial charge in [-0.25, -0.2) is 0 Å². The largest absolute Gasteiger partial charge is 0.504 e. The molecule has 36 heavy (non-hydrogen) atoms. The summed E-state index contributed by atoms with van der Waals surface area (Å²) in [5.41, 5.74) is 0.851. The van der Waals surface area contributed by atoms with E-state index in [4.69, 9.17) is 24.2 Å². The topological polar surface area (TPSA) is 200 Å². The highest BCUT2D eigenvalue weighted by Gasteiger charge is 2.53. The number of hydrogen-bond acceptors (Lipinski definition) is 12. The molecule has 4 rings (SSSR count). The number of nitrogens with one attached hydrogen (secondary N) is 1. The van der Waals surface area contributed by atoms with Crippen LogP contribution in [-0.4, -0.2) is 104 Å². The first-order valence-electron chi connectivity index (χ1n) is 11.4. The first-order valence-corrected chi connectivity index (χ1v) is 11.4. The molecule has 1 amide bonds. The van der Waals surface area contributed by atoms with Crippen LogP contribution in [0, 0.1) is 0 Å². The molecule has 2 heterocycles. The molecule has 2 aliphatic heterocycles. The predicted molar refractivity (Wildman–Crippen MR) is 121 cm³/mol. The van der Waals surface area contributed by atoms with E-state index < -0.39 is 61.0 Å². The number of fused-ring (bicyclic) bond motifs is 1. The molecule has 1 saturated carbocycles. The lowest BCUT2D eigenvalue weighted by molar-refractivity contribution is -0.155. The van der Waals surface area contributed by atoms with Crippen LogP contribution in [0.5, 0.6) is 11.5 Å². The standard InChI is InChI=1S/C23H30N2O11/c1-9(23(31)24-16-17(28)19(30)22-21(18(16)29)33-8-34-22)5-11-3-4-14(12(26)6-11)35-15-7-13(27)20(36-15)10(2)25-32/h3-6,13,15-22,26-30,32H,7-8H2,1-2H3,(H,24,31)/b9-5+,25-10-/t13-,15+,16+,17-,18+,19+,20+,21-,22+/m0/s1. The number of carbonyl (C=O) groups is 1. The maximum atomic E-state index is 12.7. The lowest BCUT2D eigenvalue weighted by Gasteiger charge is -2.41. The number of aromatic hydroxyl groups is 1. The number of aliphatic hydroxyl groups excluding tert-OH is 4. The smallest absolute Gasteiger partial charge is 0.247 e. The normalized spacial score (nSPS) is 37.0. The highest BCUT2D eigenvalue weighted by Crippen LogP contribution is 2.33. The number of oxime groups is 1. The molecule has 2 saturated heterocycles. The molecule has 3 aliphatic rings. The van der Waals surface area contributed by atoms with Gasteiger partial charge in [0.1, 0.15) is 43.4 Å². The van der Waals surface area contributed by atoms with Gasteiger partial charge >= 0.3 is 0 Å². The lowest BCUT2D eigenvalue weighted by Crippen LogP contribution is -2.67. The van der Waals surface area contributed by atoms with Crippen molar-refractivity contribution >= 4 is 17.7 Å². The van der Waals surface area contributed by atoms with E-state index in [0.29, 0.717) is 5.56 Å². The highest BCUT2D eigenvalue weighted by molar-refractivity contribution is 5.97. The molecule has 0 spiro atoms. The fourth-order valence-electron chi connectivity index (χ4n) is 4.54. The number of carbonyl (C=O) groups excluding carboxylic acids is 1. The molecule has 1 aromatic rings. The Hall–Kier alpha value is -2.78. The van der Waals surface area contributed by atoms with Gasteiger partial charge < -0.3 is 55.0 Å². The minimum atomic E-state index is -1.47. The van der Waals surface area contributed by atoms with Crippen molar-refractivity contribution < 1.29 is 54.5 Å². The first-order chi connectivity index (χ1) is 17.1. The fourth-order valence-corrected chi connectivity index (χ4v) is 4.54. The van der Waals surface area contributed by atoms with Gasteiger partial charge in [0.05, 0.1) is 17.9 Å². The Morgan fingerprint density at radius 2 is 1.81 bits per heavy atom. The Balaban J connectivity index is 1.39. The van der Waals surface area contributed by atoms with Gasteiger partial charge in [0.2, 0.25) is 12.2 Å². The summed E-state index contributed by atoms with van der Waals surface area (Å²) in [6.45, 7) is 2.87. The number of nitrogens with zero attached hydrogens (tertiary/aromatic N) is 1. The number of ether oxygens (including phenoxy) is 4. The van der Waals surface area contributed by atoms with Gasteiger partial charge in [-0.3, -0.25) is 4.79 Å². The van der Waals surface area contributed by atoms with Gasteiger partial charge in [0.15, 0.2) is 11.5 Å². The summed E-state index contributed by atoms with van der Waals surface area (Å²) in [6.07, 6.45) is -6.95. The Kier molecular flexibility index (Phi) is 7.80. The molecule has 1 aromatic carbocycles. The van der Waals surface area contributed by atoms with Crippen molar-refractivity contribution in [3.8, 4) is 11.5 Å². The van der Waals surface area contributed by atoms with Gasteiger partial charge in [0.25, 0.3) is 0 Å². The Morgan fingerprint density at radius 1 is 1.11 bits per heavy atom. The van der Waals surface area contributed by atoms with Gasteiger partial charge in [-0.1, -0.05) is 11.2 Å². The summed E-state index contributed by atoms with van der Waals surface area (Å²) < 4.78 is 21.6. The second-order valence-electron chi connectivity index (χ2n) is 9.05. The minimum absolute atomic E-state index is 0.0847. The number of rotatable bonds is 6. The fraction of sp³-hybridized carbons (Fsp3) is 0.565. The summed E-state index contributed by atoms with van der Waals surface area (Å²) >= 11 is 0. The van der Waals surface area contributed by atoms with E-state index in [9.17, 15) is 30.3 Å². The summed E-state index contributed by atoms with van der Waals surface area (Å²) in [5.74, 6) is -0.763. The number of benzene rings is 1. The molecule has 1 aliphatic carbocycles. The van der Waals surface area contributed by atoms with E-state index in [2.05, 4.69) is 10.5 Å². The summed E-state index contributed by atoms with van der Waals surface area (Å²) in [5, 5.41) is 66.0. The van der Waals surface area contributed by atoms with E-state index in [1.807, 2.05) is 0 Å². The molecule has 3 fully saturated rings. The third-order valence-electron chi connectivity index (χ3n) is 6.54. The average Bonchev–Trinajstić information content (AvgIpc) is 3.48. The SMILES string of the molecule is C/C(=N/O)[C@H]1O[C@@H](Oc2ccc(/C=C(\C)C(=O)N[C@@H]3[C@H](O)[C@@H](O)[C@H]4OCO[C@H]4[C@@H]3O)cc2O)C[C@@H]1O. The van der Waals surface area contributed by atoms with Gasteiger partial charge in [-0.15, -0.1) is 0 Å². The third-order valence-corrected chi connectivity index (χ3v) is 6.54. The zero-order valence-electron chi connectivity index (χ0n) is 19.6. The molecule has 0 unspecified atom stereocenters. The van der Waals surface area contributed by atoms with Crippen molar-refractivity contribution in [3.05, 3.63) is 29.3 Å². The summed E-state index contributed by atoms with van der Waals surface area (Å²) in [4.78, 5) is 12.7. The molecule has 13 heteroatoms. The van der Waals surface area contributed by atoms with Crippen molar-refractivity contribution in [2.45, 2.75) is 75.3 Å². The highest BCUT2D eigenvalue weighted by atomic mass is 16.7. The van der Waals surface area contributed by atoms with Crippen molar-refractivity contribution in [2.24, 2.45) is 5.16 Å². The lowest BCUT2D eigenvalue weighted by atomic mass is 9.83. The van der Waals surface area contributed by atoms with E-state index in [1.54, 1.807) is 6.07 Å². The molecule has 7 N–H and O–H groups in total. The van der Waals surface area contributed by atoms with E-state index in [-0.39, 0.29) is 36.0 Å². The van der Waals surface area contributed by atoms with Crippen molar-refractivity contribution in [3.63, 3.8) is 0 Å². The summed E-state index contributed by atoms with van der Waals surface area (Å²) in [6, 6.07) is 3.22. The van der Waals surface area contributed by atoms with Crippen LogP contribution in [-0.2, 0) is 19.0 Å². The molecular weight excluding hydrogens is 480 g/mol. The van der Waals surface area contributed by atoms with E-state index in [1.165, 1.54) is 32.1 Å². The Bertz CT molecular complexity index is 1030. The quantitative estimate of drug-likeness (QED) is 0.105. The molecule has 9 atom stereocenters. The van der Waals surface area contributed by atoms with Crippen LogP contribution >= 0.6 is 0 Å². The number of hydrogen-bond donors (Lipinski definition) is 7. The first kappa shape index (κ1) is 26.3. The second-order valence-corrected chi connectivity index (χ2v) is 9.05. The van der Waals surface area contributed by atoms with Crippen LogP contribution in [0.1, 0.15) is 25.8 Å². The second kappa shape index (κ2) is 10.7. The van der Waals surface area contributed by atoms with E-state index >= 15 is 0 Å². The number of amides is 1. The number of phenols is 1. The van der Waals surface area contributed by atoms with Crippen LogP contribution < -0.4 is 10.1 Å². The van der Waals surface area contributed by atoms with Gasteiger partial charge in [0, 0.05) is 12.0 Å². The minimum Gasteiger partial charge on any atom is -0.504 e. The number of phenolic OH excluding ortho intramolecular Hbond substituents is 1. The van der Waals surface area contributed by atoms with Crippen LogP contribution in [0.3, 0.4) is 0 Å². The average molecular weight is 510 g/mol. The van der Waals surface area contributed by atoms with Gasteiger partial charge in [-0.2, -0.15) is 0 Å². The zero-order valence-corrected chi connectivity index (χ0v) is 19.6. The molecule has 198 valence electrons. The Labute approximate surface area is 206 Å². The number of aliphatic hydroxyl groups is 4. The van der Waals surface area contributed by atoms with Crippen molar-refractivity contribution in [1.82, 2.24) is 5.32 Å². The molecule has 0 aromatic heterocycles. The van der Waals surface area contributed by atoms with Crippen LogP contribution in [0.15, 0.2) is 28.9 Å². The van der Waals surface area contributed by atoms with Crippen molar-refractivity contribution in [2.75, 3.05) is 6.79 Å². The molecule has 0 radical (unpaired) electrons. The predicted octanol–water partition coefficient (Wildman–Crippen LogP) is -1.18. The molecular formula is C23H30N2O11. The Morgan fingerprint density at radius 3 is 2.47 bits per heavy atom. The zero-order chi connectivity index (χ0) is 26.1. The van der Waals surface area contributed by atoms with E-state index in [0.717, 1.165) is 0 Å². The van der Waals surface area contributed by atoms with Crippen LogP contribution in [0.25, 0.3) is 6.08 Å². The monoisotopic (exact) mass is 510 g/mol. The van der Waals surface area contributed by atoms with Crippen molar-refractivity contribution in [1.29, 1.82) is 0 Å². The van der Waals surface area contributed by atoms with Gasteiger partial charge in [-0.05, 0) is 37.6 Å². The molecule has 0 bridgehead atoms.